The molecule has 8 heteroatoms. The summed E-state index contributed by atoms with van der Waals surface area (Å²) in [5, 5.41) is 10.9. The number of methoxy groups -OCH3 is 2. The summed E-state index contributed by atoms with van der Waals surface area (Å²) in [6.07, 6.45) is 0. The SMILES string of the molecule is COCCN1C(=O)C(=O)/C(=C(/O)c2ccc(OC)c(Br)c2)C1c1ccccc1F. The van der Waals surface area contributed by atoms with Gasteiger partial charge in [0.25, 0.3) is 11.7 Å². The third-order valence-corrected chi connectivity index (χ3v) is 5.32. The van der Waals surface area contributed by atoms with E-state index in [9.17, 15) is 19.1 Å². The lowest BCUT2D eigenvalue weighted by Crippen LogP contribution is -2.33. The predicted octanol–water partition coefficient (Wildman–Crippen LogP) is 3.66. The first-order valence-electron chi connectivity index (χ1n) is 8.76. The summed E-state index contributed by atoms with van der Waals surface area (Å²) in [6.45, 7) is 0.231. The maximum Gasteiger partial charge on any atom is 0.295 e. The van der Waals surface area contributed by atoms with Gasteiger partial charge in [-0.15, -0.1) is 0 Å². The number of carbonyl (C=O) groups excluding carboxylic acids is 2. The molecule has 1 aliphatic heterocycles. The summed E-state index contributed by atoms with van der Waals surface area (Å²) in [5.74, 6) is -2.13. The number of likely N-dealkylation sites (tertiary alicyclic amines) is 1. The summed E-state index contributed by atoms with van der Waals surface area (Å²) < 4.78 is 25.3. The molecule has 0 spiro atoms. The van der Waals surface area contributed by atoms with Crippen molar-refractivity contribution in [1.29, 1.82) is 0 Å². The number of aliphatic hydroxyl groups is 1. The molecule has 29 heavy (non-hydrogen) atoms. The number of carbonyl (C=O) groups is 2. The number of nitrogens with zero attached hydrogens (tertiary/aromatic N) is 1. The Morgan fingerprint density at radius 2 is 1.93 bits per heavy atom. The topological polar surface area (TPSA) is 76.1 Å². The van der Waals surface area contributed by atoms with Crippen LogP contribution in [0.5, 0.6) is 5.75 Å². The van der Waals surface area contributed by atoms with Gasteiger partial charge < -0.3 is 19.5 Å². The molecule has 152 valence electrons. The van der Waals surface area contributed by atoms with Gasteiger partial charge in [0.2, 0.25) is 0 Å². The Bertz CT molecular complexity index is 991. The molecule has 1 N–H and O–H groups in total. The smallest absolute Gasteiger partial charge is 0.295 e. The van der Waals surface area contributed by atoms with Gasteiger partial charge in [-0.3, -0.25) is 9.59 Å². The fraction of sp³-hybridized carbons (Fsp3) is 0.238. The van der Waals surface area contributed by atoms with Gasteiger partial charge in [-0.1, -0.05) is 18.2 Å². The highest BCUT2D eigenvalue weighted by atomic mass is 79.9. The fourth-order valence-electron chi connectivity index (χ4n) is 3.29. The molecular formula is C21H19BrFNO5. The van der Waals surface area contributed by atoms with Gasteiger partial charge in [-0.25, -0.2) is 4.39 Å². The highest BCUT2D eigenvalue weighted by Crippen LogP contribution is 2.40. The van der Waals surface area contributed by atoms with E-state index in [0.29, 0.717) is 15.8 Å². The minimum Gasteiger partial charge on any atom is -0.507 e. The second-order valence-electron chi connectivity index (χ2n) is 6.36. The number of hydrogen-bond acceptors (Lipinski definition) is 5. The number of halogens is 2. The van der Waals surface area contributed by atoms with E-state index in [0.717, 1.165) is 0 Å². The van der Waals surface area contributed by atoms with Gasteiger partial charge in [-0.05, 0) is 40.2 Å². The molecule has 1 aliphatic rings. The molecule has 1 amide bonds. The van der Waals surface area contributed by atoms with Crippen molar-refractivity contribution in [2.24, 2.45) is 0 Å². The van der Waals surface area contributed by atoms with Crippen molar-refractivity contribution in [2.45, 2.75) is 6.04 Å². The van der Waals surface area contributed by atoms with Crippen molar-refractivity contribution in [3.63, 3.8) is 0 Å². The zero-order valence-electron chi connectivity index (χ0n) is 15.8. The predicted molar refractivity (Wildman–Crippen MR) is 108 cm³/mol. The largest absolute Gasteiger partial charge is 0.507 e. The zero-order valence-corrected chi connectivity index (χ0v) is 17.4. The molecule has 0 saturated carbocycles. The lowest BCUT2D eigenvalue weighted by molar-refractivity contribution is -0.140. The molecule has 1 atom stereocenters. The first-order valence-corrected chi connectivity index (χ1v) is 9.55. The van der Waals surface area contributed by atoms with Crippen molar-refractivity contribution >= 4 is 33.4 Å². The lowest BCUT2D eigenvalue weighted by Gasteiger charge is -2.25. The molecule has 1 heterocycles. The molecule has 3 rings (SSSR count). The third kappa shape index (κ3) is 3.90. The molecule has 2 aromatic carbocycles. The van der Waals surface area contributed by atoms with E-state index in [1.54, 1.807) is 24.3 Å². The summed E-state index contributed by atoms with van der Waals surface area (Å²) in [6, 6.07) is 9.53. The minimum atomic E-state index is -1.06. The molecule has 0 aromatic heterocycles. The van der Waals surface area contributed by atoms with Crippen LogP contribution in [0.4, 0.5) is 4.39 Å². The monoisotopic (exact) mass is 463 g/mol. The van der Waals surface area contributed by atoms with Crippen LogP contribution in [0.3, 0.4) is 0 Å². The van der Waals surface area contributed by atoms with Gasteiger partial charge in [0.15, 0.2) is 0 Å². The average molecular weight is 464 g/mol. The van der Waals surface area contributed by atoms with Gasteiger partial charge >= 0.3 is 0 Å². The molecular weight excluding hydrogens is 445 g/mol. The Balaban J connectivity index is 2.19. The van der Waals surface area contributed by atoms with Crippen LogP contribution in [0.2, 0.25) is 0 Å². The third-order valence-electron chi connectivity index (χ3n) is 4.70. The number of Topliss-reactive ketones (excluding diaryl/α,β-unsaturated/α-hetero) is 1. The second-order valence-corrected chi connectivity index (χ2v) is 7.21. The van der Waals surface area contributed by atoms with Gasteiger partial charge in [-0.2, -0.15) is 0 Å². The molecule has 1 unspecified atom stereocenters. The van der Waals surface area contributed by atoms with E-state index in [4.69, 9.17) is 9.47 Å². The van der Waals surface area contributed by atoms with Crippen LogP contribution in [0.1, 0.15) is 17.2 Å². The standard InChI is InChI=1S/C21H19BrFNO5/c1-28-10-9-24-18(13-5-3-4-6-15(13)23)17(20(26)21(24)27)19(25)12-7-8-16(29-2)14(22)11-12/h3-8,11,18,25H,9-10H2,1-2H3/b19-17+. The second kappa shape index (κ2) is 8.75. The highest BCUT2D eigenvalue weighted by Gasteiger charge is 2.46. The van der Waals surface area contributed by atoms with E-state index < -0.39 is 23.5 Å². The van der Waals surface area contributed by atoms with Crippen molar-refractivity contribution in [3.05, 3.63) is 69.5 Å². The Labute approximate surface area is 175 Å². The number of aliphatic hydroxyl groups excluding tert-OH is 1. The quantitative estimate of drug-likeness (QED) is 0.401. The van der Waals surface area contributed by atoms with Crippen LogP contribution in [-0.2, 0) is 14.3 Å². The summed E-state index contributed by atoms with van der Waals surface area (Å²) in [5.41, 5.74) is 0.244. The first kappa shape index (κ1) is 21.0. The summed E-state index contributed by atoms with van der Waals surface area (Å²) in [4.78, 5) is 26.6. The molecule has 2 aromatic rings. The maximum absolute atomic E-state index is 14.6. The van der Waals surface area contributed by atoms with Crippen molar-refractivity contribution in [1.82, 2.24) is 4.90 Å². The highest BCUT2D eigenvalue weighted by molar-refractivity contribution is 9.10. The number of ketones is 1. The van der Waals surface area contributed by atoms with Crippen molar-refractivity contribution in [3.8, 4) is 5.75 Å². The fourth-order valence-corrected chi connectivity index (χ4v) is 3.83. The molecule has 0 bridgehead atoms. The van der Waals surface area contributed by atoms with Crippen LogP contribution in [0.15, 0.2) is 52.5 Å². The normalized spacial score (nSPS) is 18.3. The molecule has 0 aliphatic carbocycles. The van der Waals surface area contributed by atoms with Crippen LogP contribution >= 0.6 is 15.9 Å². The summed E-state index contributed by atoms with van der Waals surface area (Å²) >= 11 is 3.33. The van der Waals surface area contributed by atoms with Gasteiger partial charge in [0.1, 0.15) is 17.3 Å². The van der Waals surface area contributed by atoms with Crippen LogP contribution < -0.4 is 4.74 Å². The number of benzene rings is 2. The Kier molecular flexibility index (Phi) is 6.34. The first-order chi connectivity index (χ1) is 13.9. The lowest BCUT2D eigenvalue weighted by atomic mass is 9.95. The van der Waals surface area contributed by atoms with Crippen LogP contribution in [-0.4, -0.2) is 49.1 Å². The van der Waals surface area contributed by atoms with Crippen LogP contribution in [0, 0.1) is 5.82 Å². The van der Waals surface area contributed by atoms with E-state index in [-0.39, 0.29) is 30.0 Å². The average Bonchev–Trinajstić information content (AvgIpc) is 2.96. The number of ether oxygens (including phenoxy) is 2. The Morgan fingerprint density at radius 3 is 2.55 bits per heavy atom. The number of hydrogen-bond donors (Lipinski definition) is 1. The maximum atomic E-state index is 14.6. The summed E-state index contributed by atoms with van der Waals surface area (Å²) in [7, 11) is 2.96. The van der Waals surface area contributed by atoms with Gasteiger partial charge in [0.05, 0.1) is 29.8 Å². The van der Waals surface area contributed by atoms with E-state index in [1.807, 2.05) is 0 Å². The molecule has 1 fully saturated rings. The molecule has 0 radical (unpaired) electrons. The van der Waals surface area contributed by atoms with E-state index in [2.05, 4.69) is 15.9 Å². The van der Waals surface area contributed by atoms with Crippen LogP contribution in [0.25, 0.3) is 5.76 Å². The van der Waals surface area contributed by atoms with E-state index >= 15 is 0 Å². The van der Waals surface area contributed by atoms with Crippen molar-refractivity contribution in [2.75, 3.05) is 27.4 Å². The van der Waals surface area contributed by atoms with E-state index in [1.165, 1.54) is 37.3 Å². The number of rotatable bonds is 6. The number of amides is 1. The minimum absolute atomic E-state index is 0.0726. The molecule has 1 saturated heterocycles. The Hall–Kier alpha value is -2.71. The zero-order chi connectivity index (χ0) is 21.1. The van der Waals surface area contributed by atoms with Crippen molar-refractivity contribution < 1.29 is 28.6 Å². The Morgan fingerprint density at radius 1 is 1.21 bits per heavy atom. The van der Waals surface area contributed by atoms with Gasteiger partial charge in [0, 0.05) is 24.8 Å². The molecule has 6 nitrogen and oxygen atoms in total.